The molecule has 0 bridgehead atoms. The van der Waals surface area contributed by atoms with E-state index in [2.05, 4.69) is 0 Å². The van der Waals surface area contributed by atoms with Gasteiger partial charge in [-0.3, -0.25) is 19.3 Å². The minimum absolute atomic E-state index is 0.0449. The first-order valence-corrected chi connectivity index (χ1v) is 8.71. The summed E-state index contributed by atoms with van der Waals surface area (Å²) in [6, 6.07) is 0. The summed E-state index contributed by atoms with van der Waals surface area (Å²) in [5, 5.41) is 0. The van der Waals surface area contributed by atoms with Crippen molar-refractivity contribution in [1.82, 2.24) is 4.90 Å². The van der Waals surface area contributed by atoms with Crippen molar-refractivity contribution in [2.75, 3.05) is 6.54 Å². The number of carbonyl (C=O) groups is 3. The van der Waals surface area contributed by atoms with Crippen LogP contribution in [0.25, 0.3) is 0 Å². The molecule has 126 valence electrons. The summed E-state index contributed by atoms with van der Waals surface area (Å²) < 4.78 is 7.05. The Labute approximate surface area is 136 Å². The number of amides is 2. The molecule has 4 nitrogen and oxygen atoms in total. The van der Waals surface area contributed by atoms with Gasteiger partial charge < -0.3 is 0 Å². The Balaban J connectivity index is 1.97. The lowest BCUT2D eigenvalue weighted by Crippen LogP contribution is -2.31. The third-order valence-electron chi connectivity index (χ3n) is 4.26. The van der Waals surface area contributed by atoms with Gasteiger partial charge in [0.05, 0.1) is 0 Å². The Kier molecular flexibility index (Phi) is 8.21. The predicted octanol–water partition coefficient (Wildman–Crippen LogP) is 3.87. The molecule has 1 aliphatic rings. The summed E-state index contributed by atoms with van der Waals surface area (Å²) in [5.74, 6) is 0.0677. The van der Waals surface area contributed by atoms with Crippen LogP contribution in [0, 0.1) is 5.92 Å². The van der Waals surface area contributed by atoms with Crippen LogP contribution in [0.1, 0.15) is 85.8 Å². The quantitative estimate of drug-likeness (QED) is 0.406. The SMILES string of the molecule is [2H]CCCCCCCC(=O)CCCCCN1C(=O)CC(C)C1=O. The second-order valence-corrected chi connectivity index (χ2v) is 6.36. The second-order valence-electron chi connectivity index (χ2n) is 6.36. The van der Waals surface area contributed by atoms with Crippen LogP contribution in [0.4, 0.5) is 0 Å². The van der Waals surface area contributed by atoms with Gasteiger partial charge in [0, 0.05) is 33.1 Å². The molecule has 1 aliphatic heterocycles. The summed E-state index contributed by atoms with van der Waals surface area (Å²) in [5.41, 5.74) is 0. The zero-order valence-corrected chi connectivity index (χ0v) is 13.9. The maximum absolute atomic E-state index is 11.7. The zero-order valence-electron chi connectivity index (χ0n) is 14.9. The van der Waals surface area contributed by atoms with Gasteiger partial charge in [-0.1, -0.05) is 45.9 Å². The van der Waals surface area contributed by atoms with Gasteiger partial charge in [0.1, 0.15) is 5.78 Å². The largest absolute Gasteiger partial charge is 0.300 e. The number of hydrogen-bond donors (Lipinski definition) is 0. The van der Waals surface area contributed by atoms with E-state index in [1.54, 1.807) is 6.92 Å². The summed E-state index contributed by atoms with van der Waals surface area (Å²) in [6.45, 7) is 2.81. The molecule has 1 unspecified atom stereocenters. The van der Waals surface area contributed by atoms with Crippen molar-refractivity contribution in [3.05, 3.63) is 0 Å². The van der Waals surface area contributed by atoms with E-state index < -0.39 is 0 Å². The number of Topliss-reactive ketones (excluding diaryl/α,β-unsaturated/α-hetero) is 1. The summed E-state index contributed by atoms with van der Waals surface area (Å²) in [4.78, 5) is 36.5. The molecule has 0 spiro atoms. The van der Waals surface area contributed by atoms with Gasteiger partial charge in [0.15, 0.2) is 0 Å². The molecule has 0 radical (unpaired) electrons. The van der Waals surface area contributed by atoms with Crippen LogP contribution in [0.3, 0.4) is 0 Å². The van der Waals surface area contributed by atoms with Crippen LogP contribution >= 0.6 is 0 Å². The molecule has 0 aliphatic carbocycles. The maximum atomic E-state index is 11.7. The number of nitrogens with zero attached hydrogens (tertiary/aromatic N) is 1. The third kappa shape index (κ3) is 6.71. The van der Waals surface area contributed by atoms with Crippen molar-refractivity contribution in [3.63, 3.8) is 0 Å². The van der Waals surface area contributed by atoms with Crippen molar-refractivity contribution in [2.24, 2.45) is 5.92 Å². The molecule has 0 aromatic carbocycles. The lowest BCUT2D eigenvalue weighted by Gasteiger charge is -2.13. The number of rotatable bonds is 12. The van der Waals surface area contributed by atoms with Crippen LogP contribution < -0.4 is 0 Å². The predicted molar refractivity (Wildman–Crippen MR) is 87.4 cm³/mol. The summed E-state index contributed by atoms with van der Waals surface area (Å²) in [6.07, 6.45) is 9.41. The van der Waals surface area contributed by atoms with E-state index in [0.717, 1.165) is 51.4 Å². The van der Waals surface area contributed by atoms with Gasteiger partial charge in [-0.15, -0.1) is 0 Å². The maximum Gasteiger partial charge on any atom is 0.232 e. The fourth-order valence-corrected chi connectivity index (χ4v) is 2.83. The van der Waals surface area contributed by atoms with E-state index in [-0.39, 0.29) is 17.7 Å². The minimum atomic E-state index is -0.162. The van der Waals surface area contributed by atoms with Crippen LogP contribution in [-0.2, 0) is 14.4 Å². The van der Waals surface area contributed by atoms with Crippen molar-refractivity contribution in [3.8, 4) is 0 Å². The number of ketones is 1. The Hall–Kier alpha value is -1.19. The Bertz CT molecular complexity index is 398. The van der Waals surface area contributed by atoms with Gasteiger partial charge >= 0.3 is 0 Å². The average molecular weight is 310 g/mol. The first-order valence-electron chi connectivity index (χ1n) is 9.42. The van der Waals surface area contributed by atoms with E-state index in [1.807, 2.05) is 0 Å². The fourth-order valence-electron chi connectivity index (χ4n) is 2.83. The molecule has 1 atom stereocenters. The van der Waals surface area contributed by atoms with Crippen molar-refractivity contribution in [1.29, 1.82) is 0 Å². The Morgan fingerprint density at radius 1 is 1.09 bits per heavy atom. The summed E-state index contributed by atoms with van der Waals surface area (Å²) in [7, 11) is 0. The monoisotopic (exact) mass is 310 g/mol. The molecule has 1 fully saturated rings. The van der Waals surface area contributed by atoms with Crippen LogP contribution in [-0.4, -0.2) is 29.0 Å². The molecule has 4 heteroatoms. The molecule has 22 heavy (non-hydrogen) atoms. The molecule has 0 aromatic rings. The van der Waals surface area contributed by atoms with Gasteiger partial charge in [0.25, 0.3) is 0 Å². The number of unbranched alkanes of at least 4 members (excludes halogenated alkanes) is 6. The topological polar surface area (TPSA) is 54.5 Å². The highest BCUT2D eigenvalue weighted by molar-refractivity contribution is 6.03. The normalized spacial score (nSPS) is 18.9. The minimum Gasteiger partial charge on any atom is -0.300 e. The molecule has 1 rings (SSSR count). The highest BCUT2D eigenvalue weighted by Gasteiger charge is 2.34. The summed E-state index contributed by atoms with van der Waals surface area (Å²) >= 11 is 0. The zero-order chi connectivity index (χ0) is 17.1. The van der Waals surface area contributed by atoms with Crippen LogP contribution in [0.5, 0.6) is 0 Å². The number of imide groups is 1. The first kappa shape index (κ1) is 17.2. The molecule has 0 N–H and O–H groups in total. The highest BCUT2D eigenvalue weighted by atomic mass is 16.2. The fraction of sp³-hybridized carbons (Fsp3) is 0.833. The standard InChI is InChI=1S/C18H31NO3/c1-3-4-5-6-8-11-16(20)12-9-7-10-13-19-17(21)14-15(2)18(19)22/h15H,3-14H2,1-2H3/i1D. The van der Waals surface area contributed by atoms with Gasteiger partial charge in [-0.2, -0.15) is 0 Å². The van der Waals surface area contributed by atoms with E-state index in [1.165, 1.54) is 4.90 Å². The van der Waals surface area contributed by atoms with E-state index in [0.29, 0.717) is 38.5 Å². The molecule has 0 saturated carbocycles. The Morgan fingerprint density at radius 2 is 1.73 bits per heavy atom. The lowest BCUT2D eigenvalue weighted by molar-refractivity contribution is -0.139. The van der Waals surface area contributed by atoms with Gasteiger partial charge in [0.2, 0.25) is 11.8 Å². The van der Waals surface area contributed by atoms with Gasteiger partial charge in [-0.05, 0) is 19.3 Å². The van der Waals surface area contributed by atoms with E-state index in [9.17, 15) is 14.4 Å². The Morgan fingerprint density at radius 3 is 2.32 bits per heavy atom. The second kappa shape index (κ2) is 10.5. The number of carbonyl (C=O) groups excluding carboxylic acids is 3. The van der Waals surface area contributed by atoms with Crippen molar-refractivity contribution >= 4 is 17.6 Å². The molecule has 0 aromatic heterocycles. The molecular formula is C18H31NO3. The van der Waals surface area contributed by atoms with E-state index in [4.69, 9.17) is 1.37 Å². The third-order valence-corrected chi connectivity index (χ3v) is 4.26. The van der Waals surface area contributed by atoms with Crippen molar-refractivity contribution in [2.45, 2.75) is 84.5 Å². The van der Waals surface area contributed by atoms with Crippen LogP contribution in [0.2, 0.25) is 0 Å². The molecule has 2 amide bonds. The first-order chi connectivity index (χ1) is 11.1. The molecular weight excluding hydrogens is 278 g/mol. The molecule has 1 heterocycles. The van der Waals surface area contributed by atoms with Gasteiger partial charge in [-0.25, -0.2) is 0 Å². The lowest BCUT2D eigenvalue weighted by atomic mass is 10.0. The average Bonchev–Trinajstić information content (AvgIpc) is 2.76. The van der Waals surface area contributed by atoms with Crippen LogP contribution in [0.15, 0.2) is 0 Å². The molecule has 1 saturated heterocycles. The highest BCUT2D eigenvalue weighted by Crippen LogP contribution is 2.19. The van der Waals surface area contributed by atoms with Crippen molar-refractivity contribution < 1.29 is 15.8 Å². The number of hydrogen-bond acceptors (Lipinski definition) is 3. The van der Waals surface area contributed by atoms with E-state index >= 15 is 0 Å². The smallest absolute Gasteiger partial charge is 0.232 e. The number of likely N-dealkylation sites (tertiary alicyclic amines) is 1.